The van der Waals surface area contributed by atoms with Gasteiger partial charge in [-0.1, -0.05) is 29.8 Å². The van der Waals surface area contributed by atoms with Crippen LogP contribution in [0.2, 0.25) is 0 Å². The van der Waals surface area contributed by atoms with Crippen LogP contribution in [0.4, 0.5) is 0 Å². The van der Waals surface area contributed by atoms with Gasteiger partial charge in [-0.05, 0) is 39.3 Å². The molecule has 0 aliphatic carbocycles. The van der Waals surface area contributed by atoms with Crippen molar-refractivity contribution in [1.82, 2.24) is 28.5 Å². The molecule has 0 aliphatic rings. The standard InChI is InChI=1S/C21H24N6O2/c1-6-25-17-18(22-20(25)27-15(4)11-14(3)23-27)24(5)21(29)26(19(17)28)12-16-9-7-13(2)8-10-16/h7-11H,6,12H2,1-5H3. The molecule has 3 aromatic heterocycles. The van der Waals surface area contributed by atoms with Crippen molar-refractivity contribution < 1.29 is 0 Å². The van der Waals surface area contributed by atoms with Gasteiger partial charge in [0.25, 0.3) is 5.56 Å². The Labute approximate surface area is 167 Å². The molecule has 0 unspecified atom stereocenters. The molecule has 4 rings (SSSR count). The second-order valence-corrected chi connectivity index (χ2v) is 7.39. The van der Waals surface area contributed by atoms with Gasteiger partial charge in [0.05, 0.1) is 12.2 Å². The number of hydrogen-bond acceptors (Lipinski definition) is 4. The van der Waals surface area contributed by atoms with Crippen LogP contribution in [0.1, 0.15) is 29.4 Å². The van der Waals surface area contributed by atoms with E-state index in [-0.39, 0.29) is 17.8 Å². The molecular weight excluding hydrogens is 368 g/mol. The first-order chi connectivity index (χ1) is 13.8. The molecule has 0 aliphatic heterocycles. The first-order valence-electron chi connectivity index (χ1n) is 9.61. The van der Waals surface area contributed by atoms with E-state index in [9.17, 15) is 9.59 Å². The first kappa shape index (κ1) is 18.9. The predicted octanol–water partition coefficient (Wildman–Crippen LogP) is 2.08. The largest absolute Gasteiger partial charge is 0.332 e. The first-order valence-corrected chi connectivity index (χ1v) is 9.61. The SMILES string of the molecule is CCn1c(-n2nc(C)cc2C)nc2c1c(=O)n(Cc1ccc(C)cc1)c(=O)n2C. The summed E-state index contributed by atoms with van der Waals surface area (Å²) in [7, 11) is 1.65. The van der Waals surface area contributed by atoms with E-state index in [1.54, 1.807) is 11.7 Å². The number of nitrogens with zero attached hydrogens (tertiary/aromatic N) is 6. The van der Waals surface area contributed by atoms with Gasteiger partial charge in [0, 0.05) is 19.3 Å². The molecule has 8 heteroatoms. The van der Waals surface area contributed by atoms with Crippen molar-refractivity contribution in [2.24, 2.45) is 7.05 Å². The summed E-state index contributed by atoms with van der Waals surface area (Å²) in [6.07, 6.45) is 0. The van der Waals surface area contributed by atoms with Gasteiger partial charge in [-0.15, -0.1) is 0 Å². The number of hydrogen-bond donors (Lipinski definition) is 0. The Bertz CT molecular complexity index is 1330. The number of rotatable bonds is 4. The molecule has 0 spiro atoms. The van der Waals surface area contributed by atoms with Crippen molar-refractivity contribution in [3.63, 3.8) is 0 Å². The molecule has 0 radical (unpaired) electrons. The summed E-state index contributed by atoms with van der Waals surface area (Å²) in [6, 6.07) is 9.77. The summed E-state index contributed by atoms with van der Waals surface area (Å²) in [5.74, 6) is 0.535. The molecule has 0 fully saturated rings. The van der Waals surface area contributed by atoms with E-state index in [0.717, 1.165) is 22.5 Å². The van der Waals surface area contributed by atoms with Crippen LogP contribution in [0.5, 0.6) is 0 Å². The van der Waals surface area contributed by atoms with Gasteiger partial charge in [0.15, 0.2) is 11.2 Å². The Balaban J connectivity index is 1.99. The quantitative estimate of drug-likeness (QED) is 0.533. The highest BCUT2D eigenvalue weighted by Crippen LogP contribution is 2.17. The highest BCUT2D eigenvalue weighted by Gasteiger charge is 2.21. The second kappa shape index (κ2) is 6.88. The van der Waals surface area contributed by atoms with Gasteiger partial charge < -0.3 is 4.57 Å². The minimum atomic E-state index is -0.385. The molecule has 8 nitrogen and oxygen atoms in total. The van der Waals surface area contributed by atoms with E-state index in [2.05, 4.69) is 10.1 Å². The highest BCUT2D eigenvalue weighted by molar-refractivity contribution is 5.72. The van der Waals surface area contributed by atoms with Gasteiger partial charge in [0.2, 0.25) is 5.95 Å². The predicted molar refractivity (Wildman–Crippen MR) is 112 cm³/mol. The summed E-state index contributed by atoms with van der Waals surface area (Å²) in [5, 5.41) is 4.50. The Morgan fingerprint density at radius 3 is 2.28 bits per heavy atom. The third-order valence-electron chi connectivity index (χ3n) is 5.19. The Morgan fingerprint density at radius 2 is 1.69 bits per heavy atom. The van der Waals surface area contributed by atoms with E-state index in [0.29, 0.717) is 23.7 Å². The molecule has 150 valence electrons. The third kappa shape index (κ3) is 3.00. The van der Waals surface area contributed by atoms with Gasteiger partial charge in [-0.25, -0.2) is 9.48 Å². The van der Waals surface area contributed by atoms with Crippen LogP contribution in [0.3, 0.4) is 0 Å². The minimum absolute atomic E-state index is 0.214. The van der Waals surface area contributed by atoms with Gasteiger partial charge in [-0.2, -0.15) is 10.1 Å². The van der Waals surface area contributed by atoms with Crippen LogP contribution in [0, 0.1) is 20.8 Å². The summed E-state index contributed by atoms with van der Waals surface area (Å²) in [6.45, 7) is 8.54. The van der Waals surface area contributed by atoms with Crippen LogP contribution >= 0.6 is 0 Å². The number of aryl methyl sites for hydroxylation is 5. The number of benzene rings is 1. The van der Waals surface area contributed by atoms with Gasteiger partial charge in [0.1, 0.15) is 0 Å². The maximum Gasteiger partial charge on any atom is 0.332 e. The maximum atomic E-state index is 13.3. The van der Waals surface area contributed by atoms with Crippen molar-refractivity contribution >= 4 is 11.2 Å². The van der Waals surface area contributed by atoms with E-state index < -0.39 is 0 Å². The third-order valence-corrected chi connectivity index (χ3v) is 5.19. The second-order valence-electron chi connectivity index (χ2n) is 7.39. The molecule has 29 heavy (non-hydrogen) atoms. The molecule has 0 N–H and O–H groups in total. The molecule has 0 amide bonds. The average Bonchev–Trinajstić information content (AvgIpc) is 3.24. The lowest BCUT2D eigenvalue weighted by atomic mass is 10.1. The van der Waals surface area contributed by atoms with Crippen LogP contribution < -0.4 is 11.2 Å². The zero-order valence-corrected chi connectivity index (χ0v) is 17.3. The monoisotopic (exact) mass is 392 g/mol. The average molecular weight is 392 g/mol. The number of imidazole rings is 1. The Hall–Kier alpha value is -3.42. The normalized spacial score (nSPS) is 11.5. The van der Waals surface area contributed by atoms with Crippen LogP contribution in [0.25, 0.3) is 17.1 Å². The smallest absolute Gasteiger partial charge is 0.303 e. The van der Waals surface area contributed by atoms with E-state index in [4.69, 9.17) is 0 Å². The van der Waals surface area contributed by atoms with Crippen molar-refractivity contribution in [3.8, 4) is 5.95 Å². The summed E-state index contributed by atoms with van der Waals surface area (Å²) in [4.78, 5) is 30.9. The van der Waals surface area contributed by atoms with E-state index in [1.165, 1.54) is 9.13 Å². The topological polar surface area (TPSA) is 79.6 Å². The number of fused-ring (bicyclic) bond motifs is 1. The van der Waals surface area contributed by atoms with Gasteiger partial charge >= 0.3 is 5.69 Å². The zero-order valence-electron chi connectivity index (χ0n) is 17.3. The summed E-state index contributed by atoms with van der Waals surface area (Å²) in [5.41, 5.74) is 3.85. The number of aromatic nitrogens is 6. The van der Waals surface area contributed by atoms with Crippen LogP contribution in [-0.2, 0) is 20.1 Å². The molecule has 0 bridgehead atoms. The zero-order chi connectivity index (χ0) is 20.9. The van der Waals surface area contributed by atoms with Crippen molar-refractivity contribution in [3.05, 3.63) is 73.7 Å². The van der Waals surface area contributed by atoms with Crippen LogP contribution in [-0.4, -0.2) is 28.5 Å². The lowest BCUT2D eigenvalue weighted by Gasteiger charge is -2.10. The fourth-order valence-corrected chi connectivity index (χ4v) is 3.67. The molecule has 3 heterocycles. The molecule has 4 aromatic rings. The van der Waals surface area contributed by atoms with E-state index >= 15 is 0 Å². The van der Waals surface area contributed by atoms with E-state index in [1.807, 2.05) is 62.6 Å². The van der Waals surface area contributed by atoms with Crippen molar-refractivity contribution in [1.29, 1.82) is 0 Å². The fraction of sp³-hybridized carbons (Fsp3) is 0.333. The lowest BCUT2D eigenvalue weighted by Crippen LogP contribution is -2.40. The summed E-state index contributed by atoms with van der Waals surface area (Å²) >= 11 is 0. The molecule has 0 atom stereocenters. The lowest BCUT2D eigenvalue weighted by molar-refractivity contribution is 0.649. The van der Waals surface area contributed by atoms with Crippen molar-refractivity contribution in [2.75, 3.05) is 0 Å². The Morgan fingerprint density at radius 1 is 1.00 bits per heavy atom. The molecule has 0 saturated carbocycles. The Kier molecular flexibility index (Phi) is 4.49. The fourth-order valence-electron chi connectivity index (χ4n) is 3.67. The minimum Gasteiger partial charge on any atom is -0.303 e. The molecule has 0 saturated heterocycles. The highest BCUT2D eigenvalue weighted by atomic mass is 16.2. The molecular formula is C21H24N6O2. The molecule has 1 aromatic carbocycles. The maximum absolute atomic E-state index is 13.3. The van der Waals surface area contributed by atoms with Crippen LogP contribution in [0.15, 0.2) is 39.9 Å². The van der Waals surface area contributed by atoms with Crippen molar-refractivity contribution in [2.45, 2.75) is 40.8 Å². The summed E-state index contributed by atoms with van der Waals surface area (Å²) < 4.78 is 6.24. The van der Waals surface area contributed by atoms with Gasteiger partial charge in [-0.3, -0.25) is 13.9 Å².